The van der Waals surface area contributed by atoms with Crippen molar-refractivity contribution < 1.29 is 9.90 Å². The second kappa shape index (κ2) is 5.36. The maximum atomic E-state index is 10.8. The third-order valence-corrected chi connectivity index (χ3v) is 2.90. The van der Waals surface area contributed by atoms with E-state index in [1.165, 1.54) is 4.68 Å². The molecule has 0 radical (unpaired) electrons. The Morgan fingerprint density at radius 1 is 1.47 bits per heavy atom. The van der Waals surface area contributed by atoms with Gasteiger partial charge in [-0.15, -0.1) is 5.10 Å². The zero-order valence-corrected chi connectivity index (χ0v) is 11.3. The maximum Gasteiger partial charge on any atom is 0.305 e. The molecule has 0 fully saturated rings. The van der Waals surface area contributed by atoms with E-state index in [2.05, 4.69) is 15.5 Å². The van der Waals surface area contributed by atoms with Crippen LogP contribution in [0.15, 0.2) is 18.2 Å². The number of halogens is 1. The number of carbonyl (C=O) groups is 1. The van der Waals surface area contributed by atoms with Crippen molar-refractivity contribution in [3.63, 3.8) is 0 Å². The quantitative estimate of drug-likeness (QED) is 0.929. The Morgan fingerprint density at radius 3 is 2.84 bits per heavy atom. The Kier molecular flexibility index (Phi) is 3.80. The van der Waals surface area contributed by atoms with E-state index in [0.717, 1.165) is 11.1 Å². The van der Waals surface area contributed by atoms with E-state index in [0.29, 0.717) is 10.8 Å². The van der Waals surface area contributed by atoms with Gasteiger partial charge in [-0.05, 0) is 48.0 Å². The molecule has 1 unspecified atom stereocenters. The molecule has 1 aromatic heterocycles. The van der Waals surface area contributed by atoms with E-state index < -0.39 is 5.97 Å². The van der Waals surface area contributed by atoms with E-state index in [9.17, 15) is 4.79 Å². The van der Waals surface area contributed by atoms with E-state index in [4.69, 9.17) is 16.7 Å². The molecule has 1 N–H and O–H groups in total. The van der Waals surface area contributed by atoms with Crippen molar-refractivity contribution in [2.24, 2.45) is 0 Å². The van der Waals surface area contributed by atoms with Crippen molar-refractivity contribution in [1.82, 2.24) is 20.2 Å². The highest BCUT2D eigenvalue weighted by atomic mass is 35.5. The molecule has 100 valence electrons. The lowest BCUT2D eigenvalue weighted by Gasteiger charge is -2.11. The number of hydrogen-bond acceptors (Lipinski definition) is 4. The van der Waals surface area contributed by atoms with Crippen LogP contribution in [0.1, 0.15) is 24.9 Å². The molecular weight excluding hydrogens is 268 g/mol. The van der Waals surface area contributed by atoms with Crippen LogP contribution in [0.3, 0.4) is 0 Å². The van der Waals surface area contributed by atoms with Crippen LogP contribution in [0.5, 0.6) is 0 Å². The van der Waals surface area contributed by atoms with E-state index >= 15 is 0 Å². The van der Waals surface area contributed by atoms with Gasteiger partial charge in [0.1, 0.15) is 0 Å². The summed E-state index contributed by atoms with van der Waals surface area (Å²) in [6, 6.07) is 5.16. The predicted octanol–water partition coefficient (Wildman–Crippen LogP) is 2.34. The average Bonchev–Trinajstić information content (AvgIpc) is 2.75. The Hall–Kier alpha value is -1.95. The van der Waals surface area contributed by atoms with Gasteiger partial charge >= 0.3 is 5.97 Å². The van der Waals surface area contributed by atoms with Gasteiger partial charge in [-0.1, -0.05) is 11.6 Å². The lowest BCUT2D eigenvalue weighted by atomic mass is 10.1. The fourth-order valence-electron chi connectivity index (χ4n) is 1.89. The van der Waals surface area contributed by atoms with Crippen molar-refractivity contribution in [3.05, 3.63) is 28.8 Å². The summed E-state index contributed by atoms with van der Waals surface area (Å²) in [6.07, 6.45) is -0.0441. The fraction of sp³-hybridized carbons (Fsp3) is 0.333. The van der Waals surface area contributed by atoms with Crippen molar-refractivity contribution >= 4 is 17.6 Å². The van der Waals surface area contributed by atoms with Gasteiger partial charge in [-0.3, -0.25) is 4.79 Å². The number of carboxylic acids is 1. The highest BCUT2D eigenvalue weighted by Gasteiger charge is 2.17. The van der Waals surface area contributed by atoms with Gasteiger partial charge in [0.2, 0.25) is 0 Å². The first-order valence-electron chi connectivity index (χ1n) is 5.74. The Morgan fingerprint density at radius 2 is 2.21 bits per heavy atom. The molecule has 0 spiro atoms. The summed E-state index contributed by atoms with van der Waals surface area (Å²) in [7, 11) is 0. The third kappa shape index (κ3) is 3.08. The molecule has 0 aliphatic heterocycles. The summed E-state index contributed by atoms with van der Waals surface area (Å²) >= 11 is 6.01. The van der Waals surface area contributed by atoms with Crippen LogP contribution in [0.25, 0.3) is 11.4 Å². The highest BCUT2D eigenvalue weighted by Crippen LogP contribution is 2.25. The van der Waals surface area contributed by atoms with Crippen LogP contribution in [-0.2, 0) is 4.79 Å². The van der Waals surface area contributed by atoms with E-state index in [1.54, 1.807) is 13.0 Å². The molecule has 7 heteroatoms. The number of rotatable bonds is 4. The van der Waals surface area contributed by atoms with Crippen molar-refractivity contribution in [2.75, 3.05) is 0 Å². The van der Waals surface area contributed by atoms with Crippen molar-refractivity contribution in [3.8, 4) is 11.4 Å². The summed E-state index contributed by atoms with van der Waals surface area (Å²) < 4.78 is 1.50. The van der Waals surface area contributed by atoms with Crippen molar-refractivity contribution in [2.45, 2.75) is 26.3 Å². The second-order valence-electron chi connectivity index (χ2n) is 4.41. The first-order chi connectivity index (χ1) is 8.97. The first kappa shape index (κ1) is 13.5. The zero-order valence-electron chi connectivity index (χ0n) is 10.5. The maximum absolute atomic E-state index is 10.8. The lowest BCUT2D eigenvalue weighted by molar-refractivity contribution is -0.137. The SMILES string of the molecule is Cc1cc(Cl)cc(-c2nnnn2C(C)CC(=O)O)c1. The topological polar surface area (TPSA) is 80.9 Å². The average molecular weight is 281 g/mol. The van der Waals surface area contributed by atoms with Gasteiger partial charge in [-0.25, -0.2) is 4.68 Å². The number of hydrogen-bond donors (Lipinski definition) is 1. The summed E-state index contributed by atoms with van der Waals surface area (Å²) in [4.78, 5) is 10.8. The van der Waals surface area contributed by atoms with Crippen LogP contribution in [-0.4, -0.2) is 31.3 Å². The molecule has 1 atom stereocenters. The van der Waals surface area contributed by atoms with Gasteiger partial charge in [0.05, 0.1) is 12.5 Å². The zero-order chi connectivity index (χ0) is 14.0. The van der Waals surface area contributed by atoms with Crippen LogP contribution in [0, 0.1) is 6.92 Å². The minimum absolute atomic E-state index is 0.0441. The largest absolute Gasteiger partial charge is 0.481 e. The van der Waals surface area contributed by atoms with Gasteiger partial charge in [0.25, 0.3) is 0 Å². The Labute approximate surface area is 115 Å². The summed E-state index contributed by atoms with van der Waals surface area (Å²) in [5, 5.41) is 20.8. The number of benzene rings is 1. The van der Waals surface area contributed by atoms with Gasteiger partial charge in [0, 0.05) is 10.6 Å². The lowest BCUT2D eigenvalue weighted by Crippen LogP contribution is -2.13. The second-order valence-corrected chi connectivity index (χ2v) is 4.85. The molecule has 0 bridgehead atoms. The molecule has 0 saturated carbocycles. The minimum Gasteiger partial charge on any atom is -0.481 e. The van der Waals surface area contributed by atoms with Crippen molar-refractivity contribution in [1.29, 1.82) is 0 Å². The molecule has 1 aromatic carbocycles. The van der Waals surface area contributed by atoms with Gasteiger partial charge in [-0.2, -0.15) is 0 Å². The predicted molar refractivity (Wildman–Crippen MR) is 70.0 cm³/mol. The fourth-order valence-corrected chi connectivity index (χ4v) is 2.17. The number of carboxylic acid groups (broad SMARTS) is 1. The molecule has 6 nitrogen and oxygen atoms in total. The third-order valence-electron chi connectivity index (χ3n) is 2.68. The highest BCUT2D eigenvalue weighted by molar-refractivity contribution is 6.30. The first-order valence-corrected chi connectivity index (χ1v) is 6.12. The number of aliphatic carboxylic acids is 1. The monoisotopic (exact) mass is 280 g/mol. The summed E-state index contributed by atoms with van der Waals surface area (Å²) in [6.45, 7) is 3.68. The molecule has 2 rings (SSSR count). The van der Waals surface area contributed by atoms with Gasteiger partial charge < -0.3 is 5.11 Å². The number of aryl methyl sites for hydroxylation is 1. The molecule has 0 saturated heterocycles. The standard InChI is InChI=1S/C12H13ClN4O2/c1-7-3-9(6-10(13)4-7)12-14-15-16-17(12)8(2)5-11(18)19/h3-4,6,8H,5H2,1-2H3,(H,18,19). The minimum atomic E-state index is -0.892. The van der Waals surface area contributed by atoms with E-state index in [-0.39, 0.29) is 12.5 Å². The molecule has 19 heavy (non-hydrogen) atoms. The molecule has 0 aliphatic carbocycles. The molecule has 1 heterocycles. The number of aromatic nitrogens is 4. The van der Waals surface area contributed by atoms with Crippen LogP contribution < -0.4 is 0 Å². The summed E-state index contributed by atoms with van der Waals surface area (Å²) in [5.41, 5.74) is 1.76. The number of nitrogens with zero attached hydrogens (tertiary/aromatic N) is 4. The normalized spacial score (nSPS) is 12.4. The molecule has 0 amide bonds. The molecule has 2 aromatic rings. The Bertz CT molecular complexity index is 591. The molecular formula is C12H13ClN4O2. The van der Waals surface area contributed by atoms with Gasteiger partial charge in [0.15, 0.2) is 5.82 Å². The summed E-state index contributed by atoms with van der Waals surface area (Å²) in [5.74, 6) is -0.379. The van der Waals surface area contributed by atoms with Crippen LogP contribution in [0.2, 0.25) is 5.02 Å². The smallest absolute Gasteiger partial charge is 0.305 e. The Balaban J connectivity index is 2.41. The van der Waals surface area contributed by atoms with Crippen LogP contribution in [0.4, 0.5) is 0 Å². The molecule has 0 aliphatic rings. The number of tetrazole rings is 1. The van der Waals surface area contributed by atoms with Crippen LogP contribution >= 0.6 is 11.6 Å². The van der Waals surface area contributed by atoms with E-state index in [1.807, 2.05) is 19.1 Å².